The lowest BCUT2D eigenvalue weighted by atomic mass is 10.2. The van der Waals surface area contributed by atoms with Gasteiger partial charge < -0.3 is 46.6 Å². The van der Waals surface area contributed by atoms with Gasteiger partial charge in [0.05, 0.1) is 71.9 Å². The molecule has 0 bridgehead atoms. The SMILES string of the molecule is O=C(NC[C@H](O)CO)c1ccc(CN(Cc2ccc(C(=O)NC[C@@H](O)CO)cn2)Cc2ccc(C(=O)NC[C@@H](O)CO)cn2)nc1. The summed E-state index contributed by atoms with van der Waals surface area (Å²) in [7, 11) is 0. The van der Waals surface area contributed by atoms with Gasteiger partial charge in [0.1, 0.15) is 0 Å². The Morgan fingerprint density at radius 2 is 0.826 bits per heavy atom. The third-order valence-electron chi connectivity index (χ3n) is 6.54. The number of nitrogens with one attached hydrogen (secondary N) is 3. The lowest BCUT2D eigenvalue weighted by molar-refractivity contribution is 0.0798. The molecule has 0 aliphatic heterocycles. The molecule has 3 rings (SSSR count). The minimum atomic E-state index is -1.07. The summed E-state index contributed by atoms with van der Waals surface area (Å²) in [4.78, 5) is 52.1. The van der Waals surface area contributed by atoms with Gasteiger partial charge in [-0.05, 0) is 36.4 Å². The van der Waals surface area contributed by atoms with Crippen LogP contribution in [-0.4, -0.2) is 126 Å². The molecule has 0 unspecified atom stereocenters. The smallest absolute Gasteiger partial charge is 0.252 e. The molecule has 0 saturated carbocycles. The van der Waals surface area contributed by atoms with E-state index in [4.69, 9.17) is 15.3 Å². The largest absolute Gasteiger partial charge is 0.394 e. The van der Waals surface area contributed by atoms with E-state index in [-0.39, 0.29) is 36.3 Å². The number of pyridine rings is 3. The molecule has 3 heterocycles. The fourth-order valence-electron chi connectivity index (χ4n) is 3.94. The predicted octanol–water partition coefficient (Wildman–Crippen LogP) is -2.68. The molecular weight excluding hydrogens is 602 g/mol. The highest BCUT2D eigenvalue weighted by Crippen LogP contribution is 2.13. The summed E-state index contributed by atoms with van der Waals surface area (Å²) in [6.07, 6.45) is 0.971. The predicted molar refractivity (Wildman–Crippen MR) is 162 cm³/mol. The number of carbonyl (C=O) groups is 3. The highest BCUT2D eigenvalue weighted by Gasteiger charge is 2.16. The fourth-order valence-corrected chi connectivity index (χ4v) is 3.94. The van der Waals surface area contributed by atoms with Crippen LogP contribution in [-0.2, 0) is 19.6 Å². The van der Waals surface area contributed by atoms with Gasteiger partial charge in [-0.1, -0.05) is 0 Å². The summed E-state index contributed by atoms with van der Waals surface area (Å²) < 4.78 is 0. The first-order valence-electron chi connectivity index (χ1n) is 14.4. The molecule has 3 aromatic heterocycles. The molecule has 46 heavy (non-hydrogen) atoms. The van der Waals surface area contributed by atoms with Crippen LogP contribution in [0.15, 0.2) is 55.0 Å². The van der Waals surface area contributed by atoms with Crippen molar-refractivity contribution >= 4 is 17.7 Å². The van der Waals surface area contributed by atoms with E-state index in [9.17, 15) is 29.7 Å². The Morgan fingerprint density at radius 3 is 1.04 bits per heavy atom. The van der Waals surface area contributed by atoms with Crippen molar-refractivity contribution in [3.63, 3.8) is 0 Å². The van der Waals surface area contributed by atoms with Gasteiger partial charge in [-0.15, -0.1) is 0 Å². The van der Waals surface area contributed by atoms with Crippen molar-refractivity contribution in [2.24, 2.45) is 0 Å². The van der Waals surface area contributed by atoms with Gasteiger partial charge in [-0.3, -0.25) is 34.2 Å². The maximum Gasteiger partial charge on any atom is 0.252 e. The lowest BCUT2D eigenvalue weighted by Gasteiger charge is -2.22. The molecule has 0 spiro atoms. The number of nitrogens with zero attached hydrogens (tertiary/aromatic N) is 4. The number of rotatable bonds is 18. The van der Waals surface area contributed by atoms with Crippen LogP contribution in [0.1, 0.15) is 48.2 Å². The maximum atomic E-state index is 12.3. The van der Waals surface area contributed by atoms with E-state index in [1.807, 2.05) is 4.90 Å². The van der Waals surface area contributed by atoms with Gasteiger partial charge in [0.25, 0.3) is 17.7 Å². The fraction of sp³-hybridized carbons (Fsp3) is 0.400. The Kier molecular flexibility index (Phi) is 14.5. The van der Waals surface area contributed by atoms with E-state index in [1.54, 1.807) is 36.4 Å². The Hall–Kier alpha value is -4.42. The van der Waals surface area contributed by atoms with Gasteiger partial charge in [-0.25, -0.2) is 0 Å². The summed E-state index contributed by atoms with van der Waals surface area (Å²) in [5.74, 6) is -1.37. The van der Waals surface area contributed by atoms with Crippen molar-refractivity contribution in [2.45, 2.75) is 37.9 Å². The molecule has 9 N–H and O–H groups in total. The molecule has 0 saturated heterocycles. The average Bonchev–Trinajstić information content (AvgIpc) is 3.08. The molecule has 3 amide bonds. The molecule has 16 heteroatoms. The van der Waals surface area contributed by atoms with Crippen LogP contribution in [0.4, 0.5) is 0 Å². The zero-order valence-electron chi connectivity index (χ0n) is 25.0. The van der Waals surface area contributed by atoms with Gasteiger partial charge in [0, 0.05) is 57.9 Å². The number of aliphatic hydroxyl groups is 6. The normalized spacial score (nSPS) is 13.1. The third-order valence-corrected chi connectivity index (χ3v) is 6.54. The summed E-state index contributed by atoms with van der Waals surface area (Å²) in [6, 6.07) is 9.77. The van der Waals surface area contributed by atoms with Crippen LogP contribution in [0.25, 0.3) is 0 Å². The van der Waals surface area contributed by atoms with E-state index in [2.05, 4.69) is 30.9 Å². The second-order valence-corrected chi connectivity index (χ2v) is 10.4. The van der Waals surface area contributed by atoms with Crippen LogP contribution in [0.3, 0.4) is 0 Å². The van der Waals surface area contributed by atoms with Crippen molar-refractivity contribution in [2.75, 3.05) is 39.5 Å². The van der Waals surface area contributed by atoms with Crippen LogP contribution in [0.5, 0.6) is 0 Å². The minimum Gasteiger partial charge on any atom is -0.394 e. The second-order valence-electron chi connectivity index (χ2n) is 10.4. The van der Waals surface area contributed by atoms with Gasteiger partial charge in [0.15, 0.2) is 0 Å². The standard InChI is InChI=1S/C30H39N7O9/c38-16-25(41)10-34-28(44)19-1-4-22(31-7-19)13-37(14-23-5-2-20(8-32-23)29(45)35-11-26(42)17-39)15-24-6-3-21(9-33-24)30(46)36-12-27(43)18-40/h1-9,25-27,38-43H,10-18H2,(H,34,44)(H,35,45)(H,36,46)/t25-,26-,27+/m1/s1. The van der Waals surface area contributed by atoms with Gasteiger partial charge in [0.2, 0.25) is 0 Å². The molecular formula is C30H39N7O9. The highest BCUT2D eigenvalue weighted by atomic mass is 16.3. The molecule has 0 aliphatic carbocycles. The van der Waals surface area contributed by atoms with Crippen molar-refractivity contribution in [1.29, 1.82) is 0 Å². The van der Waals surface area contributed by atoms with Crippen molar-refractivity contribution < 1.29 is 45.0 Å². The Morgan fingerprint density at radius 1 is 0.543 bits per heavy atom. The Labute approximate surface area is 264 Å². The van der Waals surface area contributed by atoms with Crippen LogP contribution in [0.2, 0.25) is 0 Å². The maximum absolute atomic E-state index is 12.3. The first kappa shape index (κ1) is 36.1. The minimum absolute atomic E-state index is 0.110. The second kappa shape index (κ2) is 18.5. The summed E-state index contributed by atoms with van der Waals surface area (Å²) in [5, 5.41) is 62.7. The van der Waals surface area contributed by atoms with Crippen molar-refractivity contribution in [1.82, 2.24) is 35.8 Å². The first-order chi connectivity index (χ1) is 22.1. The zero-order valence-corrected chi connectivity index (χ0v) is 25.0. The summed E-state index contributed by atoms with van der Waals surface area (Å²) >= 11 is 0. The molecule has 16 nitrogen and oxygen atoms in total. The monoisotopic (exact) mass is 641 g/mol. The molecule has 248 valence electrons. The summed E-state index contributed by atoms with van der Waals surface area (Å²) in [6.45, 7) is -0.862. The van der Waals surface area contributed by atoms with Crippen LogP contribution >= 0.6 is 0 Å². The Bertz CT molecular complexity index is 1220. The van der Waals surface area contributed by atoms with Gasteiger partial charge in [-0.2, -0.15) is 0 Å². The molecule has 0 radical (unpaired) electrons. The Balaban J connectivity index is 1.72. The third kappa shape index (κ3) is 11.8. The topological polar surface area (TPSA) is 251 Å². The number of aliphatic hydroxyl groups excluding tert-OH is 6. The number of carbonyl (C=O) groups excluding carboxylic acids is 3. The highest BCUT2D eigenvalue weighted by molar-refractivity contribution is 5.94. The zero-order chi connectivity index (χ0) is 33.5. The molecule has 3 atom stereocenters. The average molecular weight is 642 g/mol. The van der Waals surface area contributed by atoms with E-state index in [1.165, 1.54) is 18.6 Å². The van der Waals surface area contributed by atoms with Crippen LogP contribution < -0.4 is 16.0 Å². The summed E-state index contributed by atoms with van der Waals surface area (Å²) in [5.41, 5.74) is 2.65. The van der Waals surface area contributed by atoms with E-state index in [0.717, 1.165) is 0 Å². The number of amides is 3. The first-order valence-corrected chi connectivity index (χ1v) is 14.4. The van der Waals surface area contributed by atoms with Crippen molar-refractivity contribution in [3.05, 3.63) is 88.8 Å². The quantitative estimate of drug-likeness (QED) is 0.0688. The number of hydrogen-bond donors (Lipinski definition) is 9. The number of hydrogen-bond acceptors (Lipinski definition) is 13. The van der Waals surface area contributed by atoms with Gasteiger partial charge >= 0.3 is 0 Å². The lowest BCUT2D eigenvalue weighted by Crippen LogP contribution is -2.34. The van der Waals surface area contributed by atoms with Crippen molar-refractivity contribution in [3.8, 4) is 0 Å². The van der Waals surface area contributed by atoms with E-state index in [0.29, 0.717) is 36.7 Å². The molecule has 0 aromatic carbocycles. The molecule has 0 fully saturated rings. The van der Waals surface area contributed by atoms with E-state index < -0.39 is 55.9 Å². The van der Waals surface area contributed by atoms with Crippen LogP contribution in [0, 0.1) is 0 Å². The molecule has 0 aliphatic rings. The van der Waals surface area contributed by atoms with E-state index >= 15 is 0 Å². The molecule has 3 aromatic rings. The number of aromatic nitrogens is 3.